The highest BCUT2D eigenvalue weighted by molar-refractivity contribution is 4.85. The fourth-order valence-corrected chi connectivity index (χ4v) is 1.37. The lowest BCUT2D eigenvalue weighted by atomic mass is 10.1. The van der Waals surface area contributed by atoms with Crippen LogP contribution in [0.5, 0.6) is 0 Å². The summed E-state index contributed by atoms with van der Waals surface area (Å²) in [6.45, 7) is 11.2. The largest absolute Gasteiger partial charge is 0.296 e. The highest BCUT2D eigenvalue weighted by atomic mass is 15.1. The molecule has 0 N–H and O–H groups in total. The molecule has 1 heteroatoms. The maximum atomic E-state index is 2.44. The summed E-state index contributed by atoms with van der Waals surface area (Å²) in [7, 11) is 0. The molecule has 0 rings (SSSR count). The molecule has 0 atom stereocenters. The molecular weight excluding hydrogens is 122 g/mol. The summed E-state index contributed by atoms with van der Waals surface area (Å²) in [5.74, 6) is 0. The van der Waals surface area contributed by atoms with Crippen molar-refractivity contribution in [3.63, 3.8) is 0 Å². The van der Waals surface area contributed by atoms with E-state index < -0.39 is 0 Å². The van der Waals surface area contributed by atoms with Crippen molar-refractivity contribution < 1.29 is 0 Å². The van der Waals surface area contributed by atoms with Gasteiger partial charge in [0.05, 0.1) is 0 Å². The van der Waals surface area contributed by atoms with Gasteiger partial charge in [0.1, 0.15) is 0 Å². The van der Waals surface area contributed by atoms with Gasteiger partial charge in [0.2, 0.25) is 0 Å². The van der Waals surface area contributed by atoms with Crippen LogP contribution >= 0.6 is 0 Å². The van der Waals surface area contributed by atoms with Crippen LogP contribution in [0, 0.1) is 6.04 Å². The average molecular weight is 142 g/mol. The van der Waals surface area contributed by atoms with Crippen molar-refractivity contribution in [2.24, 2.45) is 0 Å². The predicted octanol–water partition coefficient (Wildman–Crippen LogP) is 2.68. The second-order valence-corrected chi connectivity index (χ2v) is 2.45. The zero-order valence-corrected chi connectivity index (χ0v) is 7.78. The third-order valence-corrected chi connectivity index (χ3v) is 2.03. The summed E-state index contributed by atoms with van der Waals surface area (Å²) in [5.41, 5.74) is 0. The first-order valence-corrected chi connectivity index (χ1v) is 4.39. The second kappa shape index (κ2) is 5.72. The van der Waals surface area contributed by atoms with Gasteiger partial charge in [-0.25, -0.2) is 0 Å². The van der Waals surface area contributed by atoms with Crippen LogP contribution in [-0.2, 0) is 0 Å². The minimum absolute atomic E-state index is 1.16. The quantitative estimate of drug-likeness (QED) is 0.570. The van der Waals surface area contributed by atoms with Crippen LogP contribution in [-0.4, -0.2) is 18.0 Å². The van der Waals surface area contributed by atoms with Gasteiger partial charge in [-0.05, 0) is 25.9 Å². The molecule has 0 aromatic carbocycles. The number of rotatable bonds is 5. The molecule has 61 valence electrons. The Morgan fingerprint density at radius 1 is 0.900 bits per heavy atom. The Bertz CT molecular complexity index is 53.1. The molecule has 0 heterocycles. The molecule has 1 radical (unpaired) electrons. The first-order chi connectivity index (χ1) is 4.79. The molecule has 0 spiro atoms. The van der Waals surface area contributed by atoms with E-state index in [4.69, 9.17) is 0 Å². The van der Waals surface area contributed by atoms with Crippen molar-refractivity contribution in [2.45, 2.75) is 40.5 Å². The van der Waals surface area contributed by atoms with Gasteiger partial charge in [-0.15, -0.1) is 0 Å². The van der Waals surface area contributed by atoms with E-state index >= 15 is 0 Å². The van der Waals surface area contributed by atoms with Crippen molar-refractivity contribution in [1.82, 2.24) is 4.90 Å². The molecule has 10 heavy (non-hydrogen) atoms. The molecule has 0 aromatic rings. The summed E-state index contributed by atoms with van der Waals surface area (Å²) < 4.78 is 0. The lowest BCUT2D eigenvalue weighted by Gasteiger charge is -2.26. The van der Waals surface area contributed by atoms with Gasteiger partial charge in [0, 0.05) is 6.04 Å². The lowest BCUT2D eigenvalue weighted by Crippen LogP contribution is -2.27. The van der Waals surface area contributed by atoms with Crippen molar-refractivity contribution >= 4 is 0 Å². The van der Waals surface area contributed by atoms with Crippen LogP contribution in [0.3, 0.4) is 0 Å². The SMILES string of the molecule is CC[C](CC)N(CC)CC. The van der Waals surface area contributed by atoms with E-state index in [2.05, 4.69) is 32.6 Å². The fourth-order valence-electron chi connectivity index (χ4n) is 1.37. The normalized spacial score (nSPS) is 11.4. The van der Waals surface area contributed by atoms with E-state index in [1.165, 1.54) is 12.8 Å². The van der Waals surface area contributed by atoms with Gasteiger partial charge >= 0.3 is 0 Å². The van der Waals surface area contributed by atoms with Gasteiger partial charge < -0.3 is 0 Å². The molecule has 0 aromatic heterocycles. The number of hydrogen-bond acceptors (Lipinski definition) is 1. The molecule has 0 aliphatic heterocycles. The number of nitrogens with zero attached hydrogens (tertiary/aromatic N) is 1. The Morgan fingerprint density at radius 3 is 1.40 bits per heavy atom. The van der Waals surface area contributed by atoms with Crippen LogP contribution < -0.4 is 0 Å². The zero-order chi connectivity index (χ0) is 7.98. The molecule has 0 unspecified atom stereocenters. The van der Waals surface area contributed by atoms with E-state index in [-0.39, 0.29) is 0 Å². The smallest absolute Gasteiger partial charge is 0.0387 e. The average Bonchev–Trinajstić information content (AvgIpc) is 2.00. The topological polar surface area (TPSA) is 3.24 Å². The molecule has 0 aliphatic carbocycles. The van der Waals surface area contributed by atoms with Gasteiger partial charge in [0.15, 0.2) is 0 Å². The highest BCUT2D eigenvalue weighted by Crippen LogP contribution is 2.15. The van der Waals surface area contributed by atoms with Gasteiger partial charge in [0.25, 0.3) is 0 Å². The molecule has 0 amide bonds. The summed E-state index contributed by atoms with van der Waals surface area (Å²) >= 11 is 0. The third-order valence-electron chi connectivity index (χ3n) is 2.03. The molecule has 0 aliphatic rings. The van der Waals surface area contributed by atoms with Crippen LogP contribution in [0.25, 0.3) is 0 Å². The highest BCUT2D eigenvalue weighted by Gasteiger charge is 2.10. The predicted molar refractivity (Wildman–Crippen MR) is 46.7 cm³/mol. The molecule has 0 bridgehead atoms. The van der Waals surface area contributed by atoms with E-state index in [1.54, 1.807) is 6.04 Å². The Balaban J connectivity index is 3.70. The van der Waals surface area contributed by atoms with Crippen molar-refractivity contribution in [3.8, 4) is 0 Å². The first-order valence-electron chi connectivity index (χ1n) is 4.39. The Hall–Kier alpha value is -0.0400. The minimum Gasteiger partial charge on any atom is -0.296 e. The summed E-state index contributed by atoms with van der Waals surface area (Å²) in [6.07, 6.45) is 2.41. The zero-order valence-electron chi connectivity index (χ0n) is 7.78. The Kier molecular flexibility index (Phi) is 5.70. The lowest BCUT2D eigenvalue weighted by molar-refractivity contribution is 0.293. The number of hydrogen-bond donors (Lipinski definition) is 0. The standard InChI is InChI=1S/C9H20N/c1-5-9(6-2)10(7-3)8-4/h5-8H2,1-4H3. The van der Waals surface area contributed by atoms with Crippen molar-refractivity contribution in [3.05, 3.63) is 6.04 Å². The van der Waals surface area contributed by atoms with Crippen molar-refractivity contribution in [1.29, 1.82) is 0 Å². The second-order valence-electron chi connectivity index (χ2n) is 2.45. The van der Waals surface area contributed by atoms with Crippen LogP contribution in [0.2, 0.25) is 0 Å². The Morgan fingerprint density at radius 2 is 1.30 bits per heavy atom. The van der Waals surface area contributed by atoms with E-state index in [0.717, 1.165) is 13.1 Å². The Labute approximate surface area is 65.4 Å². The summed E-state index contributed by atoms with van der Waals surface area (Å²) in [5, 5.41) is 0. The molecule has 1 nitrogen and oxygen atoms in total. The monoisotopic (exact) mass is 142 g/mol. The summed E-state index contributed by atoms with van der Waals surface area (Å²) in [4.78, 5) is 2.44. The molecule has 0 saturated carbocycles. The van der Waals surface area contributed by atoms with E-state index in [9.17, 15) is 0 Å². The van der Waals surface area contributed by atoms with Gasteiger partial charge in [-0.2, -0.15) is 0 Å². The van der Waals surface area contributed by atoms with Crippen molar-refractivity contribution in [2.75, 3.05) is 13.1 Å². The van der Waals surface area contributed by atoms with Gasteiger partial charge in [-0.3, -0.25) is 4.90 Å². The molecule has 0 saturated heterocycles. The first kappa shape index (κ1) is 9.96. The van der Waals surface area contributed by atoms with E-state index in [0.29, 0.717) is 0 Å². The molecular formula is C9H20N. The van der Waals surface area contributed by atoms with Crippen LogP contribution in [0.1, 0.15) is 40.5 Å². The van der Waals surface area contributed by atoms with Crippen LogP contribution in [0.15, 0.2) is 0 Å². The maximum absolute atomic E-state index is 2.44. The van der Waals surface area contributed by atoms with E-state index in [1.807, 2.05) is 0 Å². The van der Waals surface area contributed by atoms with Crippen LogP contribution in [0.4, 0.5) is 0 Å². The molecule has 0 fully saturated rings. The third kappa shape index (κ3) is 2.70. The fraction of sp³-hybridized carbons (Fsp3) is 0.889. The maximum Gasteiger partial charge on any atom is 0.0387 e. The minimum atomic E-state index is 1.16. The summed E-state index contributed by atoms with van der Waals surface area (Å²) in [6, 6.07) is 1.59. The van der Waals surface area contributed by atoms with Gasteiger partial charge in [-0.1, -0.05) is 27.7 Å².